The van der Waals surface area contributed by atoms with Gasteiger partial charge in [0.25, 0.3) is 0 Å². The first-order valence-corrected chi connectivity index (χ1v) is 6.30. The van der Waals surface area contributed by atoms with Crippen molar-refractivity contribution in [3.63, 3.8) is 0 Å². The fourth-order valence-corrected chi connectivity index (χ4v) is 2.17. The lowest BCUT2D eigenvalue weighted by Gasteiger charge is -2.19. The molecular weight excluding hydrogens is 188 g/mol. The monoisotopic (exact) mass is 212 g/mol. The molecule has 3 nitrogen and oxygen atoms in total. The Morgan fingerprint density at radius 3 is 2.47 bits per heavy atom. The van der Waals surface area contributed by atoms with Gasteiger partial charge in [-0.1, -0.05) is 39.0 Å². The molecule has 0 unspecified atom stereocenters. The summed E-state index contributed by atoms with van der Waals surface area (Å²) in [6.07, 6.45) is 9.13. The summed E-state index contributed by atoms with van der Waals surface area (Å²) < 4.78 is 0. The van der Waals surface area contributed by atoms with Crippen molar-refractivity contribution in [2.45, 2.75) is 70.4 Å². The quantitative estimate of drug-likeness (QED) is 0.700. The molecule has 88 valence electrons. The number of nitrogens with two attached hydrogens (primary N) is 1. The largest absolute Gasteiger partial charge is 0.352 e. The summed E-state index contributed by atoms with van der Waals surface area (Å²) in [6, 6.07) is 0.0705. The van der Waals surface area contributed by atoms with E-state index in [9.17, 15) is 4.79 Å². The Morgan fingerprint density at radius 2 is 1.93 bits per heavy atom. The van der Waals surface area contributed by atoms with E-state index in [0.29, 0.717) is 6.04 Å². The van der Waals surface area contributed by atoms with Crippen molar-refractivity contribution in [3.8, 4) is 0 Å². The molecule has 1 amide bonds. The van der Waals surface area contributed by atoms with Crippen LogP contribution in [0.2, 0.25) is 0 Å². The fraction of sp³-hybridized carbons (Fsp3) is 0.917. The van der Waals surface area contributed by atoms with Crippen LogP contribution in [0.15, 0.2) is 0 Å². The first-order valence-electron chi connectivity index (χ1n) is 6.30. The first kappa shape index (κ1) is 12.5. The normalized spacial score (nSPS) is 20.7. The van der Waals surface area contributed by atoms with E-state index in [1.807, 2.05) is 0 Å². The lowest BCUT2D eigenvalue weighted by Crippen LogP contribution is -2.45. The first-order chi connectivity index (χ1) is 7.24. The molecule has 1 rings (SSSR count). The maximum Gasteiger partial charge on any atom is 0.237 e. The van der Waals surface area contributed by atoms with Crippen molar-refractivity contribution in [3.05, 3.63) is 0 Å². The van der Waals surface area contributed by atoms with Crippen LogP contribution in [-0.4, -0.2) is 18.0 Å². The van der Waals surface area contributed by atoms with Crippen LogP contribution in [0.1, 0.15) is 58.3 Å². The third-order valence-electron chi connectivity index (χ3n) is 3.14. The van der Waals surface area contributed by atoms with Crippen LogP contribution >= 0.6 is 0 Å². The summed E-state index contributed by atoms with van der Waals surface area (Å²) in [4.78, 5) is 11.7. The van der Waals surface area contributed by atoms with Gasteiger partial charge in [0.15, 0.2) is 0 Å². The molecule has 0 aromatic rings. The average molecular weight is 212 g/mol. The van der Waals surface area contributed by atoms with Gasteiger partial charge < -0.3 is 11.1 Å². The Bertz CT molecular complexity index is 186. The van der Waals surface area contributed by atoms with E-state index in [1.165, 1.54) is 25.7 Å². The third kappa shape index (κ3) is 4.65. The van der Waals surface area contributed by atoms with Gasteiger partial charge in [-0.2, -0.15) is 0 Å². The minimum absolute atomic E-state index is 0.0451. The summed E-state index contributed by atoms with van der Waals surface area (Å²) in [7, 11) is 0. The lowest BCUT2D eigenvalue weighted by atomic mass is 10.1. The minimum Gasteiger partial charge on any atom is -0.352 e. The van der Waals surface area contributed by atoms with Gasteiger partial charge in [0.2, 0.25) is 5.91 Å². The van der Waals surface area contributed by atoms with Crippen LogP contribution in [0.25, 0.3) is 0 Å². The van der Waals surface area contributed by atoms with E-state index in [0.717, 1.165) is 25.7 Å². The van der Waals surface area contributed by atoms with Gasteiger partial charge in [0.1, 0.15) is 0 Å². The van der Waals surface area contributed by atoms with Gasteiger partial charge in [-0.15, -0.1) is 0 Å². The Morgan fingerprint density at radius 1 is 1.33 bits per heavy atom. The molecule has 15 heavy (non-hydrogen) atoms. The van der Waals surface area contributed by atoms with Crippen LogP contribution < -0.4 is 11.1 Å². The SMILES string of the molecule is CCC[C@@H](N)C(=O)NC1CCCCCC1. The molecule has 1 aliphatic rings. The van der Waals surface area contributed by atoms with Crippen molar-refractivity contribution in [1.82, 2.24) is 5.32 Å². The van der Waals surface area contributed by atoms with E-state index in [-0.39, 0.29) is 11.9 Å². The molecule has 0 aliphatic heterocycles. The molecule has 1 aliphatic carbocycles. The molecule has 1 fully saturated rings. The Hall–Kier alpha value is -0.570. The molecule has 0 aromatic carbocycles. The Labute approximate surface area is 92.8 Å². The second-order valence-corrected chi connectivity index (χ2v) is 4.59. The maximum absolute atomic E-state index is 11.7. The molecule has 1 atom stereocenters. The molecule has 1 saturated carbocycles. The van der Waals surface area contributed by atoms with Crippen molar-refractivity contribution < 1.29 is 4.79 Å². The number of carbonyl (C=O) groups excluding carboxylic acids is 1. The molecule has 0 bridgehead atoms. The van der Waals surface area contributed by atoms with Crippen LogP contribution in [0.5, 0.6) is 0 Å². The van der Waals surface area contributed by atoms with Gasteiger partial charge in [-0.3, -0.25) is 4.79 Å². The zero-order chi connectivity index (χ0) is 11.1. The Balaban J connectivity index is 2.28. The molecule has 0 radical (unpaired) electrons. The number of hydrogen-bond acceptors (Lipinski definition) is 2. The highest BCUT2D eigenvalue weighted by atomic mass is 16.2. The van der Waals surface area contributed by atoms with E-state index in [1.54, 1.807) is 0 Å². The molecule has 3 heteroatoms. The summed E-state index contributed by atoms with van der Waals surface area (Å²) in [5, 5.41) is 3.08. The lowest BCUT2D eigenvalue weighted by molar-refractivity contribution is -0.123. The van der Waals surface area contributed by atoms with Gasteiger partial charge in [-0.05, 0) is 19.3 Å². The Kier molecular flexibility index (Phi) is 5.69. The fourth-order valence-electron chi connectivity index (χ4n) is 2.17. The maximum atomic E-state index is 11.7. The summed E-state index contributed by atoms with van der Waals surface area (Å²) in [5.74, 6) is 0.0451. The predicted molar refractivity (Wildman–Crippen MR) is 62.5 cm³/mol. The molecule has 0 aromatic heterocycles. The average Bonchev–Trinajstić information content (AvgIpc) is 2.46. The van der Waals surface area contributed by atoms with Crippen molar-refractivity contribution in [2.24, 2.45) is 5.73 Å². The smallest absolute Gasteiger partial charge is 0.237 e. The summed E-state index contributed by atoms with van der Waals surface area (Å²) in [6.45, 7) is 2.05. The molecule has 0 heterocycles. The van der Waals surface area contributed by atoms with Crippen molar-refractivity contribution in [2.75, 3.05) is 0 Å². The van der Waals surface area contributed by atoms with Gasteiger partial charge in [0.05, 0.1) is 6.04 Å². The number of hydrogen-bond donors (Lipinski definition) is 2. The second-order valence-electron chi connectivity index (χ2n) is 4.59. The van der Waals surface area contributed by atoms with Crippen molar-refractivity contribution >= 4 is 5.91 Å². The highest BCUT2D eigenvalue weighted by molar-refractivity contribution is 5.81. The van der Waals surface area contributed by atoms with Crippen molar-refractivity contribution in [1.29, 1.82) is 0 Å². The summed E-state index contributed by atoms with van der Waals surface area (Å²) in [5.41, 5.74) is 5.77. The van der Waals surface area contributed by atoms with Crippen LogP contribution in [0, 0.1) is 0 Å². The number of amides is 1. The highest BCUT2D eigenvalue weighted by Crippen LogP contribution is 2.17. The zero-order valence-corrected chi connectivity index (χ0v) is 9.80. The van der Waals surface area contributed by atoms with Crippen LogP contribution in [0.3, 0.4) is 0 Å². The standard InChI is InChI=1S/C12H24N2O/c1-2-7-11(13)12(15)14-10-8-5-3-4-6-9-10/h10-11H,2-9,13H2,1H3,(H,14,15)/t11-/m1/s1. The van der Waals surface area contributed by atoms with E-state index in [2.05, 4.69) is 12.2 Å². The van der Waals surface area contributed by atoms with Crippen LogP contribution in [-0.2, 0) is 4.79 Å². The van der Waals surface area contributed by atoms with E-state index >= 15 is 0 Å². The van der Waals surface area contributed by atoms with Gasteiger partial charge in [0, 0.05) is 6.04 Å². The minimum atomic E-state index is -0.307. The van der Waals surface area contributed by atoms with Gasteiger partial charge in [-0.25, -0.2) is 0 Å². The number of rotatable bonds is 4. The molecular formula is C12H24N2O. The topological polar surface area (TPSA) is 55.1 Å². The second kappa shape index (κ2) is 6.83. The molecule has 0 saturated heterocycles. The summed E-state index contributed by atoms with van der Waals surface area (Å²) >= 11 is 0. The predicted octanol–water partition coefficient (Wildman–Crippen LogP) is 1.95. The zero-order valence-electron chi connectivity index (χ0n) is 9.80. The number of carbonyl (C=O) groups is 1. The van der Waals surface area contributed by atoms with Crippen LogP contribution in [0.4, 0.5) is 0 Å². The van der Waals surface area contributed by atoms with E-state index in [4.69, 9.17) is 5.73 Å². The van der Waals surface area contributed by atoms with E-state index < -0.39 is 0 Å². The molecule has 3 N–H and O–H groups in total. The van der Waals surface area contributed by atoms with Gasteiger partial charge >= 0.3 is 0 Å². The molecule has 0 spiro atoms. The highest BCUT2D eigenvalue weighted by Gasteiger charge is 2.18. The number of nitrogens with one attached hydrogen (secondary N) is 1. The third-order valence-corrected chi connectivity index (χ3v) is 3.14.